The summed E-state index contributed by atoms with van der Waals surface area (Å²) in [6, 6.07) is -0.541. The van der Waals surface area contributed by atoms with Gasteiger partial charge in [-0.05, 0) is 57.8 Å². The van der Waals surface area contributed by atoms with Gasteiger partial charge < -0.3 is 20.3 Å². The number of aliphatic hydroxyl groups excluding tert-OH is 2. The van der Waals surface area contributed by atoms with Gasteiger partial charge in [0, 0.05) is 12.8 Å². The van der Waals surface area contributed by atoms with Crippen molar-refractivity contribution in [2.24, 2.45) is 0 Å². The standard InChI is InChI=1S/C83H161NO5/c1-3-5-7-9-11-13-15-17-19-20-21-22-36-39-42-45-48-51-55-59-63-67-71-75-81(86)80(79-85)84-82(87)76-72-68-64-60-56-52-49-46-43-40-37-34-32-30-28-26-24-23-25-27-29-31-33-35-38-41-44-47-50-54-58-62-66-70-74-78-89-83(88)77-73-69-65-61-57-53-18-16-14-12-10-8-6-4-2/h25,27,31,33,80-81,85-86H,3-24,26,28-30,32,34-79H2,1-2H3,(H,84,87)/b27-25-,33-31-. The van der Waals surface area contributed by atoms with E-state index in [1.165, 1.54) is 392 Å². The lowest BCUT2D eigenvalue weighted by molar-refractivity contribution is -0.143. The number of rotatable bonds is 78. The van der Waals surface area contributed by atoms with Crippen LogP contribution in [0, 0.1) is 0 Å². The number of hydrogen-bond donors (Lipinski definition) is 3. The molecule has 89 heavy (non-hydrogen) atoms. The van der Waals surface area contributed by atoms with Crippen LogP contribution in [-0.4, -0.2) is 47.4 Å². The van der Waals surface area contributed by atoms with Gasteiger partial charge in [-0.15, -0.1) is 0 Å². The van der Waals surface area contributed by atoms with E-state index in [-0.39, 0.29) is 18.5 Å². The van der Waals surface area contributed by atoms with Gasteiger partial charge in [0.15, 0.2) is 0 Å². The van der Waals surface area contributed by atoms with Crippen molar-refractivity contribution in [2.75, 3.05) is 13.2 Å². The number of hydrogen-bond acceptors (Lipinski definition) is 5. The molecule has 1 amide bonds. The number of ether oxygens (including phenoxy) is 1. The molecule has 0 fully saturated rings. The molecule has 3 N–H and O–H groups in total. The smallest absolute Gasteiger partial charge is 0.305 e. The summed E-state index contributed by atoms with van der Waals surface area (Å²) in [6.45, 7) is 5.01. The summed E-state index contributed by atoms with van der Waals surface area (Å²) in [5.74, 6) is -0.00666. The minimum absolute atomic E-state index is 0.0201. The molecule has 6 nitrogen and oxygen atoms in total. The Kier molecular flexibility index (Phi) is 77.3. The summed E-state index contributed by atoms with van der Waals surface area (Å²) in [5.41, 5.74) is 0. The first-order chi connectivity index (χ1) is 44.0. The van der Waals surface area contributed by atoms with Crippen LogP contribution in [0.1, 0.15) is 470 Å². The zero-order valence-corrected chi connectivity index (χ0v) is 60.7. The van der Waals surface area contributed by atoms with Gasteiger partial charge in [-0.3, -0.25) is 9.59 Å². The Bertz CT molecular complexity index is 1400. The topological polar surface area (TPSA) is 95.9 Å². The second-order valence-corrected chi connectivity index (χ2v) is 28.5. The molecule has 0 rings (SSSR count). The Morgan fingerprint density at radius 1 is 0.315 bits per heavy atom. The quantitative estimate of drug-likeness (QED) is 0.0320. The van der Waals surface area contributed by atoms with Crippen LogP contribution in [-0.2, 0) is 14.3 Å². The monoisotopic (exact) mass is 1250 g/mol. The maximum absolute atomic E-state index is 12.6. The van der Waals surface area contributed by atoms with E-state index in [1.54, 1.807) is 0 Å². The maximum Gasteiger partial charge on any atom is 0.305 e. The number of carbonyl (C=O) groups excluding carboxylic acids is 2. The van der Waals surface area contributed by atoms with E-state index in [0.717, 1.165) is 44.9 Å². The number of carbonyl (C=O) groups is 2. The molecule has 0 aliphatic rings. The number of nitrogens with one attached hydrogen (secondary N) is 1. The highest BCUT2D eigenvalue weighted by Crippen LogP contribution is 2.20. The molecule has 0 saturated heterocycles. The third-order valence-corrected chi connectivity index (χ3v) is 19.5. The minimum Gasteiger partial charge on any atom is -0.466 e. The average molecular weight is 1250 g/mol. The normalized spacial score (nSPS) is 12.5. The van der Waals surface area contributed by atoms with Crippen LogP contribution in [0.15, 0.2) is 24.3 Å². The fraction of sp³-hybridized carbons (Fsp3) is 0.928. The first kappa shape index (κ1) is 87.3. The molecular formula is C83H161NO5. The number of amides is 1. The Labute approximate surface area is 558 Å². The highest BCUT2D eigenvalue weighted by atomic mass is 16.5. The van der Waals surface area contributed by atoms with Crippen LogP contribution < -0.4 is 5.32 Å². The first-order valence-corrected chi connectivity index (χ1v) is 41.1. The van der Waals surface area contributed by atoms with Crippen molar-refractivity contribution >= 4 is 11.9 Å². The number of allylic oxidation sites excluding steroid dienone is 4. The highest BCUT2D eigenvalue weighted by molar-refractivity contribution is 5.76. The maximum atomic E-state index is 12.6. The fourth-order valence-corrected chi connectivity index (χ4v) is 13.3. The van der Waals surface area contributed by atoms with Crippen molar-refractivity contribution in [1.29, 1.82) is 0 Å². The van der Waals surface area contributed by atoms with Gasteiger partial charge >= 0.3 is 5.97 Å². The van der Waals surface area contributed by atoms with E-state index in [4.69, 9.17) is 4.74 Å². The van der Waals surface area contributed by atoms with Gasteiger partial charge in [-0.25, -0.2) is 0 Å². The van der Waals surface area contributed by atoms with Crippen molar-refractivity contribution in [3.05, 3.63) is 24.3 Å². The van der Waals surface area contributed by atoms with Crippen LogP contribution in [0.25, 0.3) is 0 Å². The van der Waals surface area contributed by atoms with Gasteiger partial charge in [-0.2, -0.15) is 0 Å². The van der Waals surface area contributed by atoms with Gasteiger partial charge in [0.05, 0.1) is 25.4 Å². The minimum atomic E-state index is -0.664. The summed E-state index contributed by atoms with van der Waals surface area (Å²) >= 11 is 0. The third-order valence-electron chi connectivity index (χ3n) is 19.5. The van der Waals surface area contributed by atoms with E-state index >= 15 is 0 Å². The third kappa shape index (κ3) is 75.3. The average Bonchev–Trinajstić information content (AvgIpc) is 3.58. The van der Waals surface area contributed by atoms with E-state index in [0.29, 0.717) is 25.9 Å². The Morgan fingerprint density at radius 3 is 0.854 bits per heavy atom. The molecule has 528 valence electrons. The summed E-state index contributed by atoms with van der Waals surface area (Å²) in [5, 5.41) is 23.5. The van der Waals surface area contributed by atoms with Crippen molar-refractivity contribution in [3.63, 3.8) is 0 Å². The van der Waals surface area contributed by atoms with Crippen molar-refractivity contribution in [3.8, 4) is 0 Å². The molecule has 0 aliphatic heterocycles. The van der Waals surface area contributed by atoms with Crippen molar-refractivity contribution in [2.45, 2.75) is 482 Å². The van der Waals surface area contributed by atoms with Crippen molar-refractivity contribution < 1.29 is 24.5 Å². The largest absolute Gasteiger partial charge is 0.466 e. The summed E-state index contributed by atoms with van der Waals surface area (Å²) in [6.07, 6.45) is 101. The summed E-state index contributed by atoms with van der Waals surface area (Å²) in [7, 11) is 0. The Morgan fingerprint density at radius 2 is 0.562 bits per heavy atom. The SMILES string of the molecule is CCCCCCCCCCCCCCCCCCCCCCCCCC(O)C(CO)NC(=O)CCCCCCCCCCCCCCCCCCC/C=C\C/C=C\CCCCCCCCCCCCCOC(=O)CCCCCCCCCCCCCCCC. The van der Waals surface area contributed by atoms with Gasteiger partial charge in [0.1, 0.15) is 0 Å². The molecule has 6 heteroatoms. The molecule has 0 bridgehead atoms. The predicted molar refractivity (Wildman–Crippen MR) is 393 cm³/mol. The second kappa shape index (κ2) is 78.8. The molecule has 0 saturated carbocycles. The van der Waals surface area contributed by atoms with Gasteiger partial charge in [0.2, 0.25) is 5.91 Å². The summed E-state index contributed by atoms with van der Waals surface area (Å²) < 4.78 is 5.50. The molecular weight excluding hydrogens is 1090 g/mol. The van der Waals surface area contributed by atoms with Gasteiger partial charge in [0.25, 0.3) is 0 Å². The van der Waals surface area contributed by atoms with Crippen LogP contribution in [0.5, 0.6) is 0 Å². The predicted octanol–water partition coefficient (Wildman–Crippen LogP) is 27.2. The molecule has 0 aromatic carbocycles. The lowest BCUT2D eigenvalue weighted by Gasteiger charge is -2.22. The summed E-state index contributed by atoms with van der Waals surface area (Å²) in [4.78, 5) is 24.7. The van der Waals surface area contributed by atoms with Crippen LogP contribution >= 0.6 is 0 Å². The van der Waals surface area contributed by atoms with E-state index in [9.17, 15) is 19.8 Å². The Hall–Kier alpha value is -1.66. The Balaban J connectivity index is 3.37. The molecule has 0 aromatic heterocycles. The van der Waals surface area contributed by atoms with E-state index in [2.05, 4.69) is 43.5 Å². The molecule has 0 heterocycles. The fourth-order valence-electron chi connectivity index (χ4n) is 13.3. The van der Waals surface area contributed by atoms with Crippen LogP contribution in [0.3, 0.4) is 0 Å². The molecule has 0 aliphatic carbocycles. The van der Waals surface area contributed by atoms with Crippen LogP contribution in [0.2, 0.25) is 0 Å². The zero-order chi connectivity index (χ0) is 64.2. The molecule has 0 radical (unpaired) electrons. The lowest BCUT2D eigenvalue weighted by Crippen LogP contribution is -2.45. The van der Waals surface area contributed by atoms with Crippen molar-refractivity contribution in [1.82, 2.24) is 5.32 Å². The molecule has 0 spiro atoms. The van der Waals surface area contributed by atoms with Crippen LogP contribution in [0.4, 0.5) is 0 Å². The molecule has 2 unspecified atom stereocenters. The van der Waals surface area contributed by atoms with E-state index in [1.807, 2.05) is 0 Å². The highest BCUT2D eigenvalue weighted by Gasteiger charge is 2.20. The zero-order valence-electron chi connectivity index (χ0n) is 60.7. The second-order valence-electron chi connectivity index (χ2n) is 28.5. The lowest BCUT2D eigenvalue weighted by atomic mass is 10.0. The number of esters is 1. The first-order valence-electron chi connectivity index (χ1n) is 41.1. The molecule has 0 aromatic rings. The number of aliphatic hydroxyl groups is 2. The molecule has 2 atom stereocenters. The number of unbranched alkanes of at least 4 members (excludes halogenated alkanes) is 63. The van der Waals surface area contributed by atoms with Gasteiger partial charge in [-0.1, -0.05) is 423 Å². The van der Waals surface area contributed by atoms with E-state index < -0.39 is 12.1 Å².